The second-order valence-corrected chi connectivity index (χ2v) is 5.25. The lowest BCUT2D eigenvalue weighted by atomic mass is 10.0. The van der Waals surface area contributed by atoms with E-state index in [9.17, 15) is 10.2 Å². The first kappa shape index (κ1) is 24.5. The normalized spacial score (nSPS) is 8.87. The van der Waals surface area contributed by atoms with Crippen molar-refractivity contribution in [3.63, 3.8) is 0 Å². The fraction of sp³-hybridized carbons (Fsp3) is 0.294. The van der Waals surface area contributed by atoms with Crippen LogP contribution >= 0.6 is 46.4 Å². The molecule has 130 valence electrons. The van der Waals surface area contributed by atoms with Crippen molar-refractivity contribution in [1.29, 1.82) is 0 Å². The predicted molar refractivity (Wildman–Crippen MR) is 105 cm³/mol. The van der Waals surface area contributed by atoms with Crippen molar-refractivity contribution in [3.8, 4) is 22.6 Å². The molecule has 0 radical (unpaired) electrons. The van der Waals surface area contributed by atoms with E-state index in [4.69, 9.17) is 46.4 Å². The van der Waals surface area contributed by atoms with Crippen molar-refractivity contribution in [2.24, 2.45) is 0 Å². The highest BCUT2D eigenvalue weighted by atomic mass is 35.5. The molecule has 0 spiro atoms. The third-order valence-corrected chi connectivity index (χ3v) is 3.36. The van der Waals surface area contributed by atoms with E-state index >= 15 is 0 Å². The summed E-state index contributed by atoms with van der Waals surface area (Å²) >= 11 is 23.4. The van der Waals surface area contributed by atoms with E-state index in [-0.39, 0.29) is 40.1 Å². The maximum atomic E-state index is 9.89. The van der Waals surface area contributed by atoms with Crippen LogP contribution in [0.4, 0.5) is 0 Å². The highest BCUT2D eigenvalue weighted by molar-refractivity contribution is 6.37. The minimum Gasteiger partial charge on any atom is -0.506 e. The van der Waals surface area contributed by atoms with E-state index in [1.165, 1.54) is 24.3 Å². The summed E-state index contributed by atoms with van der Waals surface area (Å²) in [5.41, 5.74) is 0.517. The fourth-order valence-corrected chi connectivity index (χ4v) is 2.53. The molecule has 0 amide bonds. The molecular weight excluding hydrogens is 378 g/mol. The van der Waals surface area contributed by atoms with Gasteiger partial charge in [0.1, 0.15) is 11.5 Å². The molecule has 2 rings (SSSR count). The Morgan fingerprint density at radius 1 is 0.609 bits per heavy atom. The SMILES string of the molecule is C.CC.CC.Oc1c(Cl)cc(Cl)cc1-c1cc(Cl)cc(Cl)c1O. The molecule has 0 atom stereocenters. The maximum Gasteiger partial charge on any atom is 0.142 e. The van der Waals surface area contributed by atoms with Gasteiger partial charge in [-0.3, -0.25) is 0 Å². The van der Waals surface area contributed by atoms with Gasteiger partial charge >= 0.3 is 0 Å². The zero-order valence-corrected chi connectivity index (χ0v) is 15.7. The highest BCUT2D eigenvalue weighted by Crippen LogP contribution is 2.44. The largest absolute Gasteiger partial charge is 0.506 e. The Morgan fingerprint density at radius 2 is 0.870 bits per heavy atom. The molecule has 6 heteroatoms. The molecule has 0 saturated carbocycles. The summed E-state index contributed by atoms with van der Waals surface area (Å²) in [6.45, 7) is 8.00. The second-order valence-electron chi connectivity index (χ2n) is 3.57. The van der Waals surface area contributed by atoms with Crippen LogP contribution in [0, 0.1) is 0 Å². The molecule has 0 bridgehead atoms. The lowest BCUT2D eigenvalue weighted by molar-refractivity contribution is 0.469. The first-order valence-corrected chi connectivity index (χ1v) is 8.27. The lowest BCUT2D eigenvalue weighted by Crippen LogP contribution is -1.84. The molecule has 0 heterocycles. The van der Waals surface area contributed by atoms with Gasteiger partial charge in [-0.05, 0) is 24.3 Å². The number of benzene rings is 2. The van der Waals surface area contributed by atoms with Crippen molar-refractivity contribution in [2.45, 2.75) is 35.1 Å². The van der Waals surface area contributed by atoms with Crippen molar-refractivity contribution < 1.29 is 10.2 Å². The van der Waals surface area contributed by atoms with Gasteiger partial charge < -0.3 is 10.2 Å². The van der Waals surface area contributed by atoms with E-state index in [0.29, 0.717) is 10.0 Å². The van der Waals surface area contributed by atoms with Crippen LogP contribution < -0.4 is 0 Å². The third-order valence-electron chi connectivity index (χ3n) is 2.35. The number of hydrogen-bond donors (Lipinski definition) is 2. The fourth-order valence-electron chi connectivity index (χ4n) is 1.54. The van der Waals surface area contributed by atoms with Crippen LogP contribution in [0.25, 0.3) is 11.1 Å². The summed E-state index contributed by atoms with van der Waals surface area (Å²) in [5.74, 6) is -0.399. The van der Waals surface area contributed by atoms with Gasteiger partial charge in [-0.2, -0.15) is 0 Å². The number of rotatable bonds is 1. The lowest BCUT2D eigenvalue weighted by Gasteiger charge is -2.10. The van der Waals surface area contributed by atoms with Gasteiger partial charge in [-0.25, -0.2) is 0 Å². The van der Waals surface area contributed by atoms with Crippen molar-refractivity contribution in [3.05, 3.63) is 44.4 Å². The van der Waals surface area contributed by atoms with Crippen molar-refractivity contribution >= 4 is 46.4 Å². The number of phenolic OH excluding ortho intramolecular Hbond substituents is 2. The van der Waals surface area contributed by atoms with Gasteiger partial charge in [-0.15, -0.1) is 0 Å². The number of halogens is 4. The summed E-state index contributed by atoms with van der Waals surface area (Å²) in [5, 5.41) is 20.6. The smallest absolute Gasteiger partial charge is 0.142 e. The molecule has 2 N–H and O–H groups in total. The van der Waals surface area contributed by atoms with Crippen LogP contribution in [0.1, 0.15) is 35.1 Å². The molecule has 2 nitrogen and oxygen atoms in total. The van der Waals surface area contributed by atoms with Crippen LogP contribution in [-0.2, 0) is 0 Å². The molecule has 0 aliphatic carbocycles. The van der Waals surface area contributed by atoms with Crippen molar-refractivity contribution in [2.75, 3.05) is 0 Å². The van der Waals surface area contributed by atoms with Gasteiger partial charge in [0.2, 0.25) is 0 Å². The Bertz CT molecular complexity index is 573. The Balaban J connectivity index is 0. The predicted octanol–water partition coefficient (Wildman–Crippen LogP) is 8.07. The van der Waals surface area contributed by atoms with E-state index in [1.807, 2.05) is 27.7 Å². The van der Waals surface area contributed by atoms with E-state index in [1.54, 1.807) is 0 Å². The standard InChI is InChI=1S/C12H6Cl4O2.2C2H6.CH4/c13-5-1-7(11(17)9(15)3-5)8-2-6(14)4-10(16)12(8)18;2*1-2;/h1-4,17-18H;2*1-2H3;1H4. The molecular formula is C17H22Cl4O2. The Kier molecular flexibility index (Phi) is 12.4. The van der Waals surface area contributed by atoms with Gasteiger partial charge in [0.05, 0.1) is 10.0 Å². The molecule has 0 unspecified atom stereocenters. The highest BCUT2D eigenvalue weighted by Gasteiger charge is 2.16. The zero-order valence-electron chi connectivity index (χ0n) is 12.7. The summed E-state index contributed by atoms with van der Waals surface area (Å²) in [6.07, 6.45) is 0. The number of phenols is 2. The minimum absolute atomic E-state index is 0. The van der Waals surface area contributed by atoms with E-state index in [0.717, 1.165) is 0 Å². The second kappa shape index (κ2) is 11.7. The topological polar surface area (TPSA) is 40.5 Å². The Morgan fingerprint density at radius 3 is 1.13 bits per heavy atom. The van der Waals surface area contributed by atoms with Crippen LogP contribution in [0.2, 0.25) is 20.1 Å². The Hall–Kier alpha value is -0.800. The molecule has 0 fully saturated rings. The van der Waals surface area contributed by atoms with E-state index in [2.05, 4.69) is 0 Å². The quantitative estimate of drug-likeness (QED) is 0.508. The van der Waals surface area contributed by atoms with E-state index < -0.39 is 0 Å². The first-order chi connectivity index (χ1) is 10.4. The molecule has 0 aliphatic heterocycles. The van der Waals surface area contributed by atoms with Gasteiger partial charge in [-0.1, -0.05) is 81.5 Å². The van der Waals surface area contributed by atoms with Crippen LogP contribution in [0.3, 0.4) is 0 Å². The maximum absolute atomic E-state index is 9.89. The Labute approximate surface area is 158 Å². The van der Waals surface area contributed by atoms with Gasteiger partial charge in [0.15, 0.2) is 0 Å². The molecule has 2 aromatic rings. The molecule has 0 aromatic heterocycles. The summed E-state index contributed by atoms with van der Waals surface area (Å²) in [7, 11) is 0. The average Bonchev–Trinajstić information content (AvgIpc) is 2.51. The molecule has 23 heavy (non-hydrogen) atoms. The molecule has 2 aromatic carbocycles. The number of hydrogen-bond acceptors (Lipinski definition) is 2. The van der Waals surface area contributed by atoms with Crippen molar-refractivity contribution in [1.82, 2.24) is 0 Å². The first-order valence-electron chi connectivity index (χ1n) is 6.76. The third kappa shape index (κ3) is 6.31. The van der Waals surface area contributed by atoms with Crippen LogP contribution in [-0.4, -0.2) is 10.2 Å². The zero-order chi connectivity index (χ0) is 17.4. The summed E-state index contributed by atoms with van der Waals surface area (Å²) in [4.78, 5) is 0. The minimum atomic E-state index is -0.199. The number of aromatic hydroxyl groups is 2. The monoisotopic (exact) mass is 398 g/mol. The summed E-state index contributed by atoms with van der Waals surface area (Å²) < 4.78 is 0. The molecule has 0 aliphatic rings. The van der Waals surface area contributed by atoms with Crippen LogP contribution in [0.5, 0.6) is 11.5 Å². The van der Waals surface area contributed by atoms with Gasteiger partial charge in [0.25, 0.3) is 0 Å². The molecule has 0 saturated heterocycles. The van der Waals surface area contributed by atoms with Gasteiger partial charge in [0, 0.05) is 21.2 Å². The van der Waals surface area contributed by atoms with Crippen LogP contribution in [0.15, 0.2) is 24.3 Å². The average molecular weight is 400 g/mol. The summed E-state index contributed by atoms with van der Waals surface area (Å²) in [6, 6.07) is 5.71.